The van der Waals surface area contributed by atoms with Crippen LogP contribution < -0.4 is 5.32 Å². The lowest BCUT2D eigenvalue weighted by molar-refractivity contribution is 0.102. The van der Waals surface area contributed by atoms with Crippen LogP contribution in [-0.2, 0) is 11.3 Å². The average molecular weight is 281 g/mol. The van der Waals surface area contributed by atoms with Gasteiger partial charge in [0.15, 0.2) is 0 Å². The highest BCUT2D eigenvalue weighted by Crippen LogP contribution is 2.14. The van der Waals surface area contributed by atoms with Gasteiger partial charge in [0, 0.05) is 19.5 Å². The first-order valence-corrected chi connectivity index (χ1v) is 6.02. The fraction of sp³-hybridized carbons (Fsp3) is 0.250. The number of carbonyl (C=O) groups is 1. The lowest BCUT2D eigenvalue weighted by Crippen LogP contribution is -2.12. The van der Waals surface area contributed by atoms with Gasteiger partial charge in [-0.2, -0.15) is 5.10 Å². The Morgan fingerprint density at radius 1 is 1.58 bits per heavy atom. The minimum Gasteiger partial charge on any atom is -0.383 e. The molecule has 2 aromatic rings. The molecule has 0 aliphatic heterocycles. The summed E-state index contributed by atoms with van der Waals surface area (Å²) >= 11 is 5.85. The number of nitrogens with one attached hydrogen (secondary N) is 1. The van der Waals surface area contributed by atoms with Gasteiger partial charge in [-0.15, -0.1) is 0 Å². The second kappa shape index (κ2) is 6.31. The molecule has 0 aromatic carbocycles. The molecule has 1 amide bonds. The summed E-state index contributed by atoms with van der Waals surface area (Å²) in [6, 6.07) is 3.27. The Hall–Kier alpha value is -1.92. The molecule has 0 radical (unpaired) electrons. The number of rotatable bonds is 5. The molecule has 2 aromatic heterocycles. The van der Waals surface area contributed by atoms with E-state index >= 15 is 0 Å². The quantitative estimate of drug-likeness (QED) is 0.849. The Balaban J connectivity index is 2.03. The van der Waals surface area contributed by atoms with Crippen molar-refractivity contribution in [1.29, 1.82) is 0 Å². The molecule has 100 valence electrons. The molecule has 0 bridgehead atoms. The van der Waals surface area contributed by atoms with Crippen molar-refractivity contribution in [3.63, 3.8) is 0 Å². The molecule has 0 atom stereocenters. The highest BCUT2D eigenvalue weighted by molar-refractivity contribution is 6.33. The standard InChI is InChI=1S/C12H13ClN4O2/c1-19-6-5-17-8-9(7-15-17)16-12(18)10-3-2-4-14-11(10)13/h2-4,7-8H,5-6H2,1H3,(H,16,18). The molecule has 0 fully saturated rings. The van der Waals surface area contributed by atoms with E-state index in [0.29, 0.717) is 24.4 Å². The Morgan fingerprint density at radius 2 is 2.42 bits per heavy atom. The van der Waals surface area contributed by atoms with Crippen LogP contribution in [0.4, 0.5) is 5.69 Å². The zero-order valence-corrected chi connectivity index (χ0v) is 11.1. The lowest BCUT2D eigenvalue weighted by Gasteiger charge is -2.03. The Labute approximate surface area is 115 Å². The normalized spacial score (nSPS) is 10.4. The van der Waals surface area contributed by atoms with E-state index in [9.17, 15) is 4.79 Å². The number of hydrogen-bond acceptors (Lipinski definition) is 4. The predicted octanol–water partition coefficient (Wildman–Crippen LogP) is 1.83. The van der Waals surface area contributed by atoms with Crippen LogP contribution in [0.15, 0.2) is 30.7 Å². The molecule has 2 heterocycles. The van der Waals surface area contributed by atoms with E-state index in [-0.39, 0.29) is 11.1 Å². The largest absolute Gasteiger partial charge is 0.383 e. The first-order valence-electron chi connectivity index (χ1n) is 5.64. The Kier molecular flexibility index (Phi) is 4.48. The molecule has 0 saturated carbocycles. The highest BCUT2D eigenvalue weighted by Gasteiger charge is 2.11. The maximum Gasteiger partial charge on any atom is 0.258 e. The molecule has 0 unspecified atom stereocenters. The second-order valence-corrected chi connectivity index (χ2v) is 4.14. The van der Waals surface area contributed by atoms with Gasteiger partial charge in [0.05, 0.1) is 30.6 Å². The topological polar surface area (TPSA) is 69.0 Å². The number of halogens is 1. The summed E-state index contributed by atoms with van der Waals surface area (Å²) in [5, 5.41) is 6.98. The fourth-order valence-corrected chi connectivity index (χ4v) is 1.69. The van der Waals surface area contributed by atoms with E-state index in [4.69, 9.17) is 16.3 Å². The van der Waals surface area contributed by atoms with E-state index in [2.05, 4.69) is 15.4 Å². The molecule has 0 spiro atoms. The third kappa shape index (κ3) is 3.52. The molecule has 2 rings (SSSR count). The number of carbonyl (C=O) groups excluding carboxylic acids is 1. The number of methoxy groups -OCH3 is 1. The van der Waals surface area contributed by atoms with Crippen molar-refractivity contribution >= 4 is 23.2 Å². The van der Waals surface area contributed by atoms with Gasteiger partial charge >= 0.3 is 0 Å². The highest BCUT2D eigenvalue weighted by atomic mass is 35.5. The smallest absolute Gasteiger partial charge is 0.258 e. The Bertz CT molecular complexity index is 570. The molecule has 0 aliphatic rings. The van der Waals surface area contributed by atoms with Crippen LogP contribution in [0.1, 0.15) is 10.4 Å². The van der Waals surface area contributed by atoms with Crippen molar-refractivity contribution in [3.05, 3.63) is 41.4 Å². The zero-order chi connectivity index (χ0) is 13.7. The number of ether oxygens (including phenoxy) is 1. The van der Waals surface area contributed by atoms with Crippen molar-refractivity contribution in [1.82, 2.24) is 14.8 Å². The van der Waals surface area contributed by atoms with Gasteiger partial charge in [-0.05, 0) is 12.1 Å². The monoisotopic (exact) mass is 280 g/mol. The summed E-state index contributed by atoms with van der Waals surface area (Å²) < 4.78 is 6.63. The van der Waals surface area contributed by atoms with Crippen LogP contribution in [0.25, 0.3) is 0 Å². The first kappa shape index (κ1) is 13.5. The van der Waals surface area contributed by atoms with E-state index in [1.807, 2.05) is 0 Å². The van der Waals surface area contributed by atoms with Crippen molar-refractivity contribution in [3.8, 4) is 0 Å². The van der Waals surface area contributed by atoms with Crippen LogP contribution >= 0.6 is 11.6 Å². The van der Waals surface area contributed by atoms with Gasteiger partial charge in [0.25, 0.3) is 5.91 Å². The van der Waals surface area contributed by atoms with Crippen molar-refractivity contribution in [2.75, 3.05) is 19.0 Å². The summed E-state index contributed by atoms with van der Waals surface area (Å²) in [6.45, 7) is 1.18. The maximum atomic E-state index is 12.0. The van der Waals surface area contributed by atoms with E-state index < -0.39 is 0 Å². The van der Waals surface area contributed by atoms with Gasteiger partial charge in [0.2, 0.25) is 0 Å². The summed E-state index contributed by atoms with van der Waals surface area (Å²) in [5.41, 5.74) is 0.926. The summed E-state index contributed by atoms with van der Waals surface area (Å²) in [7, 11) is 1.62. The van der Waals surface area contributed by atoms with Gasteiger partial charge in [-0.3, -0.25) is 9.48 Å². The van der Waals surface area contributed by atoms with Crippen LogP contribution in [-0.4, -0.2) is 34.4 Å². The molecule has 1 N–H and O–H groups in total. The SMILES string of the molecule is COCCn1cc(NC(=O)c2cccnc2Cl)cn1. The number of anilines is 1. The molecule has 7 heteroatoms. The molecule has 6 nitrogen and oxygen atoms in total. The minimum atomic E-state index is -0.315. The van der Waals surface area contributed by atoms with Crippen molar-refractivity contribution < 1.29 is 9.53 Å². The number of pyridine rings is 1. The van der Waals surface area contributed by atoms with Gasteiger partial charge in [-0.25, -0.2) is 4.98 Å². The summed E-state index contributed by atoms with van der Waals surface area (Å²) in [4.78, 5) is 15.8. The van der Waals surface area contributed by atoms with E-state index in [0.717, 1.165) is 0 Å². The predicted molar refractivity (Wildman–Crippen MR) is 71.3 cm³/mol. The molecule has 19 heavy (non-hydrogen) atoms. The average Bonchev–Trinajstić information content (AvgIpc) is 2.84. The molecule has 0 aliphatic carbocycles. The summed E-state index contributed by atoms with van der Waals surface area (Å²) in [5.74, 6) is -0.315. The lowest BCUT2D eigenvalue weighted by atomic mass is 10.2. The third-order valence-electron chi connectivity index (χ3n) is 2.42. The van der Waals surface area contributed by atoms with Gasteiger partial charge in [0.1, 0.15) is 5.15 Å². The third-order valence-corrected chi connectivity index (χ3v) is 2.72. The molecular formula is C12H13ClN4O2. The van der Waals surface area contributed by atoms with E-state index in [1.54, 1.807) is 36.3 Å². The van der Waals surface area contributed by atoms with E-state index in [1.165, 1.54) is 6.20 Å². The first-order chi connectivity index (χ1) is 9.20. The summed E-state index contributed by atoms with van der Waals surface area (Å²) in [6.07, 6.45) is 4.82. The number of aromatic nitrogens is 3. The Morgan fingerprint density at radius 3 is 3.16 bits per heavy atom. The zero-order valence-electron chi connectivity index (χ0n) is 10.3. The van der Waals surface area contributed by atoms with Gasteiger partial charge < -0.3 is 10.1 Å². The van der Waals surface area contributed by atoms with Crippen LogP contribution in [0.2, 0.25) is 5.15 Å². The second-order valence-electron chi connectivity index (χ2n) is 3.78. The molecular weight excluding hydrogens is 268 g/mol. The molecule has 0 saturated heterocycles. The maximum absolute atomic E-state index is 12.0. The van der Waals surface area contributed by atoms with Crippen LogP contribution in [0.5, 0.6) is 0 Å². The number of nitrogens with zero attached hydrogens (tertiary/aromatic N) is 3. The van der Waals surface area contributed by atoms with Crippen molar-refractivity contribution in [2.24, 2.45) is 0 Å². The van der Waals surface area contributed by atoms with Gasteiger partial charge in [-0.1, -0.05) is 11.6 Å². The number of amides is 1. The van der Waals surface area contributed by atoms with Crippen LogP contribution in [0, 0.1) is 0 Å². The van der Waals surface area contributed by atoms with Crippen molar-refractivity contribution in [2.45, 2.75) is 6.54 Å². The number of hydrogen-bond donors (Lipinski definition) is 1. The van der Waals surface area contributed by atoms with Crippen LogP contribution in [0.3, 0.4) is 0 Å². The fourth-order valence-electron chi connectivity index (χ4n) is 1.49. The minimum absolute atomic E-state index is 0.173.